The highest BCUT2D eigenvalue weighted by atomic mass is 19.4. The van der Waals surface area contributed by atoms with Crippen molar-refractivity contribution in [3.05, 3.63) is 71.4 Å². The fourth-order valence-electron chi connectivity index (χ4n) is 3.56. The Morgan fingerprint density at radius 1 is 1.19 bits per heavy atom. The van der Waals surface area contributed by atoms with Crippen LogP contribution in [0.1, 0.15) is 34.4 Å². The van der Waals surface area contributed by atoms with Crippen LogP contribution in [0.3, 0.4) is 0 Å². The van der Waals surface area contributed by atoms with Gasteiger partial charge in [0.2, 0.25) is 0 Å². The molecule has 1 aliphatic heterocycles. The number of halogens is 5. The number of amides is 1. The van der Waals surface area contributed by atoms with Crippen LogP contribution >= 0.6 is 0 Å². The lowest BCUT2D eigenvalue weighted by Crippen LogP contribution is -2.36. The maximum absolute atomic E-state index is 13.9. The summed E-state index contributed by atoms with van der Waals surface area (Å²) in [6.07, 6.45) is -3.99. The molecule has 0 unspecified atom stereocenters. The molecule has 6 nitrogen and oxygen atoms in total. The first kappa shape index (κ1) is 21.6. The number of aromatic nitrogens is 2. The molecule has 1 aliphatic rings. The van der Waals surface area contributed by atoms with E-state index in [9.17, 15) is 26.7 Å². The lowest BCUT2D eigenvalue weighted by Gasteiger charge is -2.34. The number of alkyl halides is 3. The molecule has 0 saturated heterocycles. The summed E-state index contributed by atoms with van der Waals surface area (Å²) in [6, 6.07) is 6.30. The van der Waals surface area contributed by atoms with Crippen LogP contribution in [-0.2, 0) is 0 Å². The largest absolute Gasteiger partial charge is 0.497 e. The minimum atomic E-state index is -4.62. The molecule has 0 saturated carbocycles. The Hall–Kier alpha value is -3.63. The van der Waals surface area contributed by atoms with E-state index in [-0.39, 0.29) is 23.5 Å². The van der Waals surface area contributed by atoms with Gasteiger partial charge >= 0.3 is 6.18 Å². The Morgan fingerprint density at radius 3 is 2.53 bits per heavy atom. The van der Waals surface area contributed by atoms with Crippen molar-refractivity contribution in [3.63, 3.8) is 0 Å². The lowest BCUT2D eigenvalue weighted by molar-refractivity contribution is -0.173. The van der Waals surface area contributed by atoms with E-state index in [0.29, 0.717) is 22.1 Å². The Labute approximate surface area is 179 Å². The third-order valence-corrected chi connectivity index (χ3v) is 5.18. The minimum Gasteiger partial charge on any atom is -0.497 e. The van der Waals surface area contributed by atoms with E-state index < -0.39 is 35.8 Å². The minimum absolute atomic E-state index is 0.153. The van der Waals surface area contributed by atoms with Gasteiger partial charge in [0.1, 0.15) is 28.8 Å². The Bertz CT molecular complexity index is 1140. The molecule has 32 heavy (non-hydrogen) atoms. The zero-order chi connectivity index (χ0) is 23.0. The molecule has 4 rings (SSSR count). The molecule has 168 valence electrons. The topological polar surface area (TPSA) is 68.2 Å². The third-order valence-electron chi connectivity index (χ3n) is 5.18. The number of carbonyl (C=O) groups excluding carboxylic acids is 1. The van der Waals surface area contributed by atoms with Gasteiger partial charge < -0.3 is 15.4 Å². The van der Waals surface area contributed by atoms with Crippen LogP contribution in [0.2, 0.25) is 0 Å². The van der Waals surface area contributed by atoms with E-state index in [1.54, 1.807) is 24.3 Å². The van der Waals surface area contributed by atoms with E-state index in [1.807, 2.05) is 0 Å². The highest BCUT2D eigenvalue weighted by Crippen LogP contribution is 2.44. The Morgan fingerprint density at radius 2 is 1.91 bits per heavy atom. The number of hydrogen-bond donors (Lipinski definition) is 2. The van der Waals surface area contributed by atoms with Gasteiger partial charge in [0.25, 0.3) is 5.91 Å². The fourth-order valence-corrected chi connectivity index (χ4v) is 3.56. The number of hydrogen-bond acceptors (Lipinski definition) is 4. The summed E-state index contributed by atoms with van der Waals surface area (Å²) in [5.74, 6) is -2.35. The second kappa shape index (κ2) is 8.13. The van der Waals surface area contributed by atoms with Crippen molar-refractivity contribution in [2.75, 3.05) is 17.7 Å². The van der Waals surface area contributed by atoms with E-state index in [1.165, 1.54) is 7.11 Å². The highest BCUT2D eigenvalue weighted by molar-refractivity contribution is 6.07. The molecule has 3 aromatic rings. The number of ether oxygens (including phenoxy) is 1. The second-order valence-corrected chi connectivity index (χ2v) is 7.19. The lowest BCUT2D eigenvalue weighted by atomic mass is 9.96. The first-order valence-corrected chi connectivity index (χ1v) is 9.48. The second-order valence-electron chi connectivity index (χ2n) is 7.19. The predicted molar refractivity (Wildman–Crippen MR) is 106 cm³/mol. The van der Waals surface area contributed by atoms with Gasteiger partial charge in [-0.2, -0.15) is 18.3 Å². The van der Waals surface area contributed by atoms with Crippen molar-refractivity contribution in [2.24, 2.45) is 0 Å². The van der Waals surface area contributed by atoms with E-state index in [2.05, 4.69) is 15.7 Å². The van der Waals surface area contributed by atoms with Crippen molar-refractivity contribution in [1.29, 1.82) is 0 Å². The molecule has 1 aromatic heterocycles. The Kier molecular flexibility index (Phi) is 5.49. The van der Waals surface area contributed by atoms with Crippen LogP contribution in [-0.4, -0.2) is 29.0 Å². The van der Waals surface area contributed by atoms with Crippen LogP contribution in [0.5, 0.6) is 5.75 Å². The molecular weight excluding hydrogens is 435 g/mol. The summed E-state index contributed by atoms with van der Waals surface area (Å²) in [4.78, 5) is 12.7. The normalized spacial score (nSPS) is 17.9. The number of rotatable bonds is 4. The molecule has 0 bridgehead atoms. The van der Waals surface area contributed by atoms with E-state index in [0.717, 1.165) is 18.3 Å². The summed E-state index contributed by atoms with van der Waals surface area (Å²) >= 11 is 0. The zero-order valence-electron chi connectivity index (χ0n) is 16.6. The van der Waals surface area contributed by atoms with Gasteiger partial charge in [-0.15, -0.1) is 0 Å². The molecule has 0 fully saturated rings. The number of benzene rings is 2. The molecule has 2 aromatic carbocycles. The maximum Gasteiger partial charge on any atom is 0.410 e. The molecule has 0 spiro atoms. The van der Waals surface area contributed by atoms with Crippen LogP contribution < -0.4 is 15.4 Å². The number of methoxy groups -OCH3 is 1. The SMILES string of the molecule is COc1ccc([C@H]2C[C@@H](C(F)(F)F)n3ncc(C(=O)Nc4ccc(F)cc4F)c3N2)cc1. The van der Waals surface area contributed by atoms with Gasteiger partial charge in [0.05, 0.1) is 25.0 Å². The van der Waals surface area contributed by atoms with Crippen LogP contribution in [0.25, 0.3) is 0 Å². The quantitative estimate of drug-likeness (QED) is 0.542. The third kappa shape index (κ3) is 4.10. The van der Waals surface area contributed by atoms with E-state index >= 15 is 0 Å². The first-order valence-electron chi connectivity index (χ1n) is 9.48. The molecule has 2 N–H and O–H groups in total. The number of fused-ring (bicyclic) bond motifs is 1. The van der Waals surface area contributed by atoms with Gasteiger partial charge in [-0.3, -0.25) is 4.79 Å². The van der Waals surface area contributed by atoms with Crippen molar-refractivity contribution >= 4 is 17.4 Å². The average molecular weight is 452 g/mol. The summed E-state index contributed by atoms with van der Waals surface area (Å²) in [6.45, 7) is 0. The highest BCUT2D eigenvalue weighted by Gasteiger charge is 2.47. The van der Waals surface area contributed by atoms with Crippen LogP contribution in [0.15, 0.2) is 48.7 Å². The van der Waals surface area contributed by atoms with E-state index in [4.69, 9.17) is 4.74 Å². The smallest absolute Gasteiger partial charge is 0.410 e. The molecule has 11 heteroatoms. The zero-order valence-corrected chi connectivity index (χ0v) is 16.6. The molecule has 2 heterocycles. The number of carbonyl (C=O) groups is 1. The van der Waals surface area contributed by atoms with Crippen molar-refractivity contribution < 1.29 is 31.5 Å². The summed E-state index contributed by atoms with van der Waals surface area (Å²) in [5.41, 5.74) is 0.0378. The van der Waals surface area contributed by atoms with Gasteiger partial charge in [-0.25, -0.2) is 13.5 Å². The molecule has 1 amide bonds. The van der Waals surface area contributed by atoms with Gasteiger partial charge in [0.15, 0.2) is 6.04 Å². The number of nitrogens with one attached hydrogen (secondary N) is 2. The average Bonchev–Trinajstić information content (AvgIpc) is 3.18. The van der Waals surface area contributed by atoms with Gasteiger partial charge in [-0.05, 0) is 29.8 Å². The Balaban J connectivity index is 1.68. The van der Waals surface area contributed by atoms with Crippen molar-refractivity contribution in [2.45, 2.75) is 24.7 Å². The summed E-state index contributed by atoms with van der Waals surface area (Å²) in [7, 11) is 1.47. The number of anilines is 2. The van der Waals surface area contributed by atoms with Crippen LogP contribution in [0.4, 0.5) is 33.5 Å². The molecule has 2 atom stereocenters. The fraction of sp³-hybridized carbons (Fsp3) is 0.238. The molecular formula is C21H17F5N4O2. The van der Waals surface area contributed by atoms with Crippen molar-refractivity contribution in [3.8, 4) is 5.75 Å². The van der Waals surface area contributed by atoms with Crippen molar-refractivity contribution in [1.82, 2.24) is 9.78 Å². The van der Waals surface area contributed by atoms with Gasteiger partial charge in [-0.1, -0.05) is 12.1 Å². The molecule has 0 aliphatic carbocycles. The van der Waals surface area contributed by atoms with Crippen LogP contribution in [0, 0.1) is 11.6 Å². The maximum atomic E-state index is 13.9. The summed E-state index contributed by atoms with van der Waals surface area (Å²) in [5, 5.41) is 8.94. The predicted octanol–water partition coefficient (Wildman–Crippen LogP) is 5.08. The number of nitrogens with zero attached hydrogens (tertiary/aromatic N) is 2. The standard InChI is InChI=1S/C21H17F5N4O2/c1-32-13-5-2-11(3-6-13)17-9-18(21(24,25)26)30-19(28-17)14(10-27-30)20(31)29-16-7-4-12(22)8-15(16)23/h2-8,10,17-18,28H,9H2,1H3,(H,29,31)/t17-,18+/m1/s1. The first-order chi connectivity index (χ1) is 15.2. The monoisotopic (exact) mass is 452 g/mol. The summed E-state index contributed by atoms with van der Waals surface area (Å²) < 4.78 is 74.1. The van der Waals surface area contributed by atoms with Gasteiger partial charge in [0, 0.05) is 12.5 Å². The molecule has 0 radical (unpaired) electrons.